The van der Waals surface area contributed by atoms with Gasteiger partial charge in [0.05, 0.1) is 0 Å². The van der Waals surface area contributed by atoms with Gasteiger partial charge in [0.25, 0.3) is 5.91 Å². The molecule has 1 amide bonds. The van der Waals surface area contributed by atoms with Gasteiger partial charge >= 0.3 is 0 Å². The van der Waals surface area contributed by atoms with Crippen LogP contribution >= 0.6 is 0 Å². The van der Waals surface area contributed by atoms with Crippen molar-refractivity contribution < 1.29 is 14.6 Å². The van der Waals surface area contributed by atoms with Crippen LogP contribution in [0.4, 0.5) is 0 Å². The Kier molecular flexibility index (Phi) is 4.39. The summed E-state index contributed by atoms with van der Waals surface area (Å²) in [5, 5.41) is 12.3. The molecule has 1 aromatic carbocycles. The lowest BCUT2D eigenvalue weighted by Crippen LogP contribution is -2.44. The van der Waals surface area contributed by atoms with E-state index < -0.39 is 6.10 Å². The highest BCUT2D eigenvalue weighted by Gasteiger charge is 2.31. The summed E-state index contributed by atoms with van der Waals surface area (Å²) in [6.07, 6.45) is 4.15. The number of rotatable bonds is 3. The van der Waals surface area contributed by atoms with Crippen molar-refractivity contribution in [2.45, 2.75) is 58.1 Å². The summed E-state index contributed by atoms with van der Waals surface area (Å²) in [7, 11) is 0. The van der Waals surface area contributed by atoms with Crippen LogP contribution in [-0.4, -0.2) is 29.8 Å². The Morgan fingerprint density at radius 1 is 1.23 bits per heavy atom. The molecule has 1 aliphatic carbocycles. The third kappa shape index (κ3) is 3.12. The minimum absolute atomic E-state index is 0.000968. The third-order valence-electron chi connectivity index (χ3n) is 5.10. The smallest absolute Gasteiger partial charge is 0.261 e. The van der Waals surface area contributed by atoms with Gasteiger partial charge < -0.3 is 15.2 Å². The largest absolute Gasteiger partial charge is 0.480 e. The number of aliphatic hydroxyl groups excluding tert-OH is 1. The van der Waals surface area contributed by atoms with Gasteiger partial charge in [-0.25, -0.2) is 0 Å². The Morgan fingerprint density at radius 3 is 2.59 bits per heavy atom. The number of carbonyl (C=O) groups is 1. The average Bonchev–Trinajstić information content (AvgIpc) is 2.91. The number of carbonyl (C=O) groups excluding carboxylic acids is 1. The number of amides is 1. The highest BCUT2D eigenvalue weighted by Crippen LogP contribution is 2.32. The lowest BCUT2D eigenvalue weighted by molar-refractivity contribution is -0.128. The van der Waals surface area contributed by atoms with Crippen molar-refractivity contribution in [3.05, 3.63) is 28.8 Å². The molecule has 120 valence electrons. The first-order valence-electron chi connectivity index (χ1n) is 8.25. The van der Waals surface area contributed by atoms with E-state index in [4.69, 9.17) is 9.84 Å². The van der Waals surface area contributed by atoms with Crippen LogP contribution in [0.5, 0.6) is 5.75 Å². The molecule has 1 heterocycles. The fourth-order valence-electron chi connectivity index (χ4n) is 3.44. The maximum absolute atomic E-state index is 12.4. The SMILES string of the molecule is Cc1cc2c(cc1C)OC(C(=O)NC1CCC(CO)CC1)C2. The highest BCUT2D eigenvalue weighted by atomic mass is 16.5. The third-order valence-corrected chi connectivity index (χ3v) is 5.10. The molecular weight excluding hydrogens is 278 g/mol. The minimum atomic E-state index is -0.397. The van der Waals surface area contributed by atoms with Gasteiger partial charge in [0.2, 0.25) is 0 Å². The summed E-state index contributed by atoms with van der Waals surface area (Å²) in [4.78, 5) is 12.4. The minimum Gasteiger partial charge on any atom is -0.480 e. The van der Waals surface area contributed by atoms with E-state index in [0.29, 0.717) is 12.3 Å². The lowest BCUT2D eigenvalue weighted by atomic mass is 9.86. The first-order valence-corrected chi connectivity index (χ1v) is 8.25. The molecule has 1 unspecified atom stereocenters. The Bertz CT molecular complexity index is 531. The Labute approximate surface area is 131 Å². The Balaban J connectivity index is 1.56. The normalized spacial score (nSPS) is 27.1. The summed E-state index contributed by atoms with van der Waals surface area (Å²) in [5.74, 6) is 1.26. The van der Waals surface area contributed by atoms with E-state index in [-0.39, 0.29) is 18.6 Å². The summed E-state index contributed by atoms with van der Waals surface area (Å²) in [6, 6.07) is 4.39. The Morgan fingerprint density at radius 2 is 1.91 bits per heavy atom. The van der Waals surface area contributed by atoms with Crippen LogP contribution in [-0.2, 0) is 11.2 Å². The van der Waals surface area contributed by atoms with Crippen molar-refractivity contribution in [3.8, 4) is 5.75 Å². The van der Waals surface area contributed by atoms with Gasteiger partial charge in [-0.3, -0.25) is 4.79 Å². The number of aryl methyl sites for hydroxylation is 2. The van der Waals surface area contributed by atoms with E-state index in [1.165, 1.54) is 11.1 Å². The van der Waals surface area contributed by atoms with Gasteiger partial charge in [0.15, 0.2) is 6.10 Å². The lowest BCUT2D eigenvalue weighted by Gasteiger charge is -2.28. The predicted molar refractivity (Wildman–Crippen MR) is 85.0 cm³/mol. The molecule has 2 N–H and O–H groups in total. The fraction of sp³-hybridized carbons (Fsp3) is 0.611. The van der Waals surface area contributed by atoms with Crippen molar-refractivity contribution in [2.24, 2.45) is 5.92 Å². The molecule has 1 fully saturated rings. The van der Waals surface area contributed by atoms with E-state index in [9.17, 15) is 4.79 Å². The molecule has 0 bridgehead atoms. The number of aliphatic hydroxyl groups is 1. The zero-order chi connectivity index (χ0) is 15.7. The van der Waals surface area contributed by atoms with Crippen molar-refractivity contribution in [2.75, 3.05) is 6.61 Å². The topological polar surface area (TPSA) is 58.6 Å². The van der Waals surface area contributed by atoms with Gasteiger partial charge in [-0.2, -0.15) is 0 Å². The number of nitrogens with one attached hydrogen (secondary N) is 1. The molecule has 4 heteroatoms. The van der Waals surface area contributed by atoms with Crippen LogP contribution in [0.2, 0.25) is 0 Å². The molecule has 0 aromatic heterocycles. The van der Waals surface area contributed by atoms with Crippen LogP contribution in [0.1, 0.15) is 42.4 Å². The van der Waals surface area contributed by atoms with Gasteiger partial charge in [-0.15, -0.1) is 0 Å². The monoisotopic (exact) mass is 303 g/mol. The molecule has 0 spiro atoms. The second-order valence-corrected chi connectivity index (χ2v) is 6.76. The zero-order valence-corrected chi connectivity index (χ0v) is 13.4. The van der Waals surface area contributed by atoms with Crippen LogP contribution in [0.15, 0.2) is 12.1 Å². The molecule has 1 atom stereocenters. The molecule has 1 aromatic rings. The van der Waals surface area contributed by atoms with E-state index >= 15 is 0 Å². The first-order chi connectivity index (χ1) is 10.6. The van der Waals surface area contributed by atoms with Gasteiger partial charge in [0, 0.05) is 19.1 Å². The van der Waals surface area contributed by atoms with Crippen molar-refractivity contribution >= 4 is 5.91 Å². The number of hydrogen-bond donors (Lipinski definition) is 2. The molecule has 0 saturated heterocycles. The maximum atomic E-state index is 12.4. The average molecular weight is 303 g/mol. The van der Waals surface area contributed by atoms with E-state index in [1.807, 2.05) is 6.07 Å². The number of fused-ring (bicyclic) bond motifs is 1. The maximum Gasteiger partial charge on any atom is 0.261 e. The molecule has 22 heavy (non-hydrogen) atoms. The van der Waals surface area contributed by atoms with Crippen LogP contribution in [0.25, 0.3) is 0 Å². The van der Waals surface area contributed by atoms with Gasteiger partial charge in [0.1, 0.15) is 5.75 Å². The summed E-state index contributed by atoms with van der Waals surface area (Å²) < 4.78 is 5.84. The first kappa shape index (κ1) is 15.3. The zero-order valence-electron chi connectivity index (χ0n) is 13.4. The summed E-state index contributed by atoms with van der Waals surface area (Å²) in [5.41, 5.74) is 3.57. The molecule has 3 rings (SSSR count). The predicted octanol–water partition coefficient (Wildman–Crippen LogP) is 2.27. The molecule has 2 aliphatic rings. The number of ether oxygens (including phenoxy) is 1. The molecule has 1 aliphatic heterocycles. The van der Waals surface area contributed by atoms with Crippen LogP contribution in [0, 0.1) is 19.8 Å². The second-order valence-electron chi connectivity index (χ2n) is 6.76. The standard InChI is InChI=1S/C18H25NO3/c1-11-7-14-9-17(22-16(14)8-12(11)2)18(21)19-15-5-3-13(10-20)4-6-15/h7-8,13,15,17,20H,3-6,9-10H2,1-2H3,(H,19,21). The molecular formula is C18H25NO3. The number of benzene rings is 1. The van der Waals surface area contributed by atoms with Crippen LogP contribution < -0.4 is 10.1 Å². The molecule has 1 saturated carbocycles. The quantitative estimate of drug-likeness (QED) is 0.900. The number of hydrogen-bond acceptors (Lipinski definition) is 3. The van der Waals surface area contributed by atoms with Crippen molar-refractivity contribution in [1.29, 1.82) is 0 Å². The van der Waals surface area contributed by atoms with E-state index in [0.717, 1.165) is 37.0 Å². The van der Waals surface area contributed by atoms with E-state index in [2.05, 4.69) is 25.2 Å². The molecule has 4 nitrogen and oxygen atoms in total. The summed E-state index contributed by atoms with van der Waals surface area (Å²) in [6.45, 7) is 4.41. The van der Waals surface area contributed by atoms with Crippen molar-refractivity contribution in [1.82, 2.24) is 5.32 Å². The van der Waals surface area contributed by atoms with Crippen molar-refractivity contribution in [3.63, 3.8) is 0 Å². The molecule has 0 radical (unpaired) electrons. The van der Waals surface area contributed by atoms with E-state index in [1.54, 1.807) is 0 Å². The Hall–Kier alpha value is -1.55. The van der Waals surface area contributed by atoms with Gasteiger partial charge in [-0.05, 0) is 68.2 Å². The van der Waals surface area contributed by atoms with Gasteiger partial charge in [-0.1, -0.05) is 6.07 Å². The van der Waals surface area contributed by atoms with Crippen LogP contribution in [0.3, 0.4) is 0 Å². The summed E-state index contributed by atoms with van der Waals surface area (Å²) >= 11 is 0. The fourth-order valence-corrected chi connectivity index (χ4v) is 3.44. The second kappa shape index (κ2) is 6.29. The highest BCUT2D eigenvalue weighted by molar-refractivity contribution is 5.82.